The number of rotatable bonds is 59. The van der Waals surface area contributed by atoms with Gasteiger partial charge in [-0.1, -0.05) is 265 Å². The summed E-state index contributed by atoms with van der Waals surface area (Å²) >= 11 is 0. The van der Waals surface area contributed by atoms with Gasteiger partial charge in [0.1, 0.15) is 98.7 Å². The third-order valence-corrected chi connectivity index (χ3v) is 20.3. The van der Waals surface area contributed by atoms with Crippen LogP contribution in [-0.4, -0.2) is 204 Å². The fourth-order valence-electron chi connectivity index (χ4n) is 12.9. The Kier molecular flexibility index (Phi) is 49.4. The van der Waals surface area contributed by atoms with Crippen molar-refractivity contribution < 1.29 is 117 Å². The minimum absolute atomic E-state index is 0.0310. The van der Waals surface area contributed by atoms with Gasteiger partial charge in [0.05, 0.1) is 13.2 Å². The van der Waals surface area contributed by atoms with Crippen LogP contribution < -0.4 is 0 Å². The van der Waals surface area contributed by atoms with Crippen LogP contribution in [0.5, 0.6) is 0 Å². The first-order valence-corrected chi connectivity index (χ1v) is 39.7. The van der Waals surface area contributed by atoms with Crippen molar-refractivity contribution >= 4 is 25.7 Å². The molecule has 19 atom stereocenters. The molecule has 0 radical (unpaired) electrons. The predicted octanol–water partition coefficient (Wildman–Crippen LogP) is 10.4. The summed E-state index contributed by atoms with van der Waals surface area (Å²) in [6.45, 7) is 5.78. The number of carbonyl (C=O) groups excluding carboxylic acids is 3. The SMILES string of the molecule is CCCCCCCCCCCCCCCCC(=O)OC(COC(=O)CCCCCCCCCCCCCC)COP(=O)(O)OC1C(OC2OC(CO)C(O)C(O)C2O)C(O)C(O)C(O)C1OC1OC(COC(=O)CCCCCCCCC(C)CCCCCCCC)C(O)C(O)C1O. The number of hydrogen-bond donors (Lipinski definition) is 11. The van der Waals surface area contributed by atoms with Crippen LogP contribution in [0.4, 0.5) is 0 Å². The minimum atomic E-state index is -5.69. The molecule has 3 aliphatic rings. The molecule has 2 aliphatic heterocycles. The smallest absolute Gasteiger partial charge is 0.463 e. The first kappa shape index (κ1) is 89.2. The van der Waals surface area contributed by atoms with E-state index in [0.29, 0.717) is 25.2 Å². The first-order chi connectivity index (χ1) is 46.7. The number of unbranched alkanes of at least 4 members (excludes halogenated alkanes) is 34. The van der Waals surface area contributed by atoms with Crippen molar-refractivity contribution in [1.29, 1.82) is 0 Å². The molecule has 97 heavy (non-hydrogen) atoms. The van der Waals surface area contributed by atoms with Crippen LogP contribution in [0.1, 0.15) is 304 Å². The van der Waals surface area contributed by atoms with Crippen molar-refractivity contribution in [2.24, 2.45) is 5.92 Å². The van der Waals surface area contributed by atoms with Gasteiger partial charge in [-0.3, -0.25) is 23.4 Å². The summed E-state index contributed by atoms with van der Waals surface area (Å²) in [7, 11) is -5.69. The molecule has 1 saturated carbocycles. The van der Waals surface area contributed by atoms with E-state index in [0.717, 1.165) is 96.3 Å². The van der Waals surface area contributed by atoms with Crippen LogP contribution in [0.2, 0.25) is 0 Å². The molecule has 0 amide bonds. The molecule has 2 heterocycles. The predicted molar refractivity (Wildman–Crippen MR) is 365 cm³/mol. The van der Waals surface area contributed by atoms with Crippen LogP contribution in [0, 0.1) is 5.92 Å². The van der Waals surface area contributed by atoms with E-state index < -0.39 is 156 Å². The summed E-state index contributed by atoms with van der Waals surface area (Å²) in [5.74, 6) is -1.28. The van der Waals surface area contributed by atoms with E-state index in [1.165, 1.54) is 141 Å². The standard InChI is InChI=1S/C72H135O24P/c1-5-8-11-14-17-19-21-23-24-26-28-30-37-42-47-58(76)91-53(49-88-56(74)45-40-35-29-27-25-22-20-18-15-12-9-6-2)50-90-97(86,87)96-70-68(94-71-66(84)61(79)59(77)54(48-73)92-71)64(82)63(81)65(83)69(70)95-72-67(85)62(80)60(78)55(93-72)51-89-57(75)46-41-36-32-31-34-39-44-52(4)43-38-33-16-13-10-7-3/h52-55,59-73,77-85H,5-51H2,1-4H3,(H,86,87). The average Bonchev–Trinajstić information content (AvgIpc) is 0.764. The molecule has 0 aromatic heterocycles. The quantitative estimate of drug-likeness (QED) is 0.0117. The number of esters is 3. The Balaban J connectivity index is 1.73. The second-order valence-corrected chi connectivity index (χ2v) is 29.4. The first-order valence-electron chi connectivity index (χ1n) is 38.2. The summed E-state index contributed by atoms with van der Waals surface area (Å²) < 4.78 is 65.1. The van der Waals surface area contributed by atoms with Gasteiger partial charge in [0.25, 0.3) is 0 Å². The third kappa shape index (κ3) is 37.3. The van der Waals surface area contributed by atoms with E-state index >= 15 is 0 Å². The van der Waals surface area contributed by atoms with Gasteiger partial charge in [-0.25, -0.2) is 4.57 Å². The zero-order chi connectivity index (χ0) is 71.2. The lowest BCUT2D eigenvalue weighted by atomic mass is 9.84. The zero-order valence-electron chi connectivity index (χ0n) is 59.8. The third-order valence-electron chi connectivity index (χ3n) is 19.3. The van der Waals surface area contributed by atoms with Gasteiger partial charge >= 0.3 is 25.7 Å². The Bertz CT molecular complexity index is 2030. The fourth-order valence-corrected chi connectivity index (χ4v) is 13.9. The lowest BCUT2D eigenvalue weighted by molar-refractivity contribution is -0.360. The Morgan fingerprint density at radius 1 is 0.392 bits per heavy atom. The average molecular weight is 1420 g/mol. The molecule has 24 nitrogen and oxygen atoms in total. The molecular formula is C72H135O24P. The topological polar surface area (TPSA) is 374 Å². The number of aliphatic hydroxyl groups is 10. The van der Waals surface area contributed by atoms with E-state index in [1.54, 1.807) is 0 Å². The van der Waals surface area contributed by atoms with Crippen LogP contribution in [0.3, 0.4) is 0 Å². The van der Waals surface area contributed by atoms with E-state index in [1.807, 2.05) is 0 Å². The normalized spacial score (nSPS) is 28.1. The number of aliphatic hydroxyl groups excluding tert-OH is 10. The number of ether oxygens (including phenoxy) is 7. The maximum Gasteiger partial charge on any atom is 0.472 e. The van der Waals surface area contributed by atoms with Crippen molar-refractivity contribution in [3.8, 4) is 0 Å². The molecular weight excluding hydrogens is 1280 g/mol. The van der Waals surface area contributed by atoms with Gasteiger partial charge in [0, 0.05) is 19.3 Å². The van der Waals surface area contributed by atoms with Gasteiger partial charge in [-0.05, 0) is 25.2 Å². The van der Waals surface area contributed by atoms with Gasteiger partial charge < -0.3 is 89.1 Å². The summed E-state index contributed by atoms with van der Waals surface area (Å²) in [5.41, 5.74) is 0. The highest BCUT2D eigenvalue weighted by atomic mass is 31.2. The maximum absolute atomic E-state index is 14.3. The molecule has 1 aliphatic carbocycles. The lowest BCUT2D eigenvalue weighted by Crippen LogP contribution is -2.69. The number of hydrogen-bond acceptors (Lipinski definition) is 23. The molecule has 3 fully saturated rings. The zero-order valence-corrected chi connectivity index (χ0v) is 60.7. The Labute approximate surface area is 580 Å². The summed E-state index contributed by atoms with van der Waals surface area (Å²) in [6, 6.07) is 0. The molecule has 0 aromatic rings. The molecule has 0 bridgehead atoms. The highest BCUT2D eigenvalue weighted by molar-refractivity contribution is 7.47. The molecule has 11 N–H and O–H groups in total. The lowest BCUT2D eigenvalue weighted by Gasteiger charge is -2.49. The molecule has 0 aromatic carbocycles. The van der Waals surface area contributed by atoms with Gasteiger partial charge in [0.2, 0.25) is 0 Å². The minimum Gasteiger partial charge on any atom is -0.463 e. The van der Waals surface area contributed by atoms with Crippen LogP contribution in [0.15, 0.2) is 0 Å². The number of phosphoric ester groups is 1. The van der Waals surface area contributed by atoms with Crippen LogP contribution >= 0.6 is 7.82 Å². The molecule has 0 spiro atoms. The van der Waals surface area contributed by atoms with Crippen LogP contribution in [-0.2, 0) is 61.2 Å². The Morgan fingerprint density at radius 3 is 1.11 bits per heavy atom. The fraction of sp³-hybridized carbons (Fsp3) is 0.958. The largest absolute Gasteiger partial charge is 0.472 e. The van der Waals surface area contributed by atoms with Crippen molar-refractivity contribution in [2.75, 3.05) is 26.4 Å². The molecule has 3 rings (SSSR count). The number of phosphoric acid groups is 1. The van der Waals surface area contributed by atoms with Crippen LogP contribution in [0.25, 0.3) is 0 Å². The number of carbonyl (C=O) groups is 3. The highest BCUT2D eigenvalue weighted by Gasteiger charge is 2.58. The van der Waals surface area contributed by atoms with E-state index in [-0.39, 0.29) is 19.3 Å². The molecule has 19 unspecified atom stereocenters. The van der Waals surface area contributed by atoms with Gasteiger partial charge in [-0.2, -0.15) is 0 Å². The van der Waals surface area contributed by atoms with E-state index in [9.17, 15) is 74.9 Å². The maximum atomic E-state index is 14.3. The molecule has 25 heteroatoms. The highest BCUT2D eigenvalue weighted by Crippen LogP contribution is 2.49. The monoisotopic (exact) mass is 1410 g/mol. The van der Waals surface area contributed by atoms with Crippen molar-refractivity contribution in [2.45, 2.75) is 408 Å². The second kappa shape index (κ2) is 53.7. The van der Waals surface area contributed by atoms with Gasteiger partial charge in [-0.15, -0.1) is 0 Å². The van der Waals surface area contributed by atoms with E-state index in [4.69, 9.17) is 42.2 Å². The molecule has 2 saturated heterocycles. The summed E-state index contributed by atoms with van der Waals surface area (Å²) in [5, 5.41) is 110. The summed E-state index contributed by atoms with van der Waals surface area (Å²) in [6.07, 6.45) is 8.88. The summed E-state index contributed by atoms with van der Waals surface area (Å²) in [4.78, 5) is 51.0. The second-order valence-electron chi connectivity index (χ2n) is 28.0. The van der Waals surface area contributed by atoms with Crippen molar-refractivity contribution in [1.82, 2.24) is 0 Å². The van der Waals surface area contributed by atoms with Gasteiger partial charge in [0.15, 0.2) is 18.7 Å². The Hall–Kier alpha value is -2.04. The van der Waals surface area contributed by atoms with Crippen molar-refractivity contribution in [3.05, 3.63) is 0 Å². The van der Waals surface area contributed by atoms with Crippen molar-refractivity contribution in [3.63, 3.8) is 0 Å². The molecule has 572 valence electrons. The van der Waals surface area contributed by atoms with E-state index in [2.05, 4.69) is 27.7 Å². The Morgan fingerprint density at radius 2 is 0.722 bits per heavy atom.